The Morgan fingerprint density at radius 1 is 1.48 bits per heavy atom. The van der Waals surface area contributed by atoms with Gasteiger partial charge in [0.25, 0.3) is 0 Å². The van der Waals surface area contributed by atoms with Crippen molar-refractivity contribution >= 4 is 28.8 Å². The summed E-state index contributed by atoms with van der Waals surface area (Å²) >= 11 is 5.06. The van der Waals surface area contributed by atoms with E-state index in [1.54, 1.807) is 19.2 Å². The van der Waals surface area contributed by atoms with E-state index in [0.29, 0.717) is 23.2 Å². The highest BCUT2D eigenvalue weighted by atomic mass is 32.1. The first-order chi connectivity index (χ1) is 9.85. The number of amides is 1. The first kappa shape index (κ1) is 17.2. The van der Waals surface area contributed by atoms with Crippen molar-refractivity contribution in [2.45, 2.75) is 13.8 Å². The van der Waals surface area contributed by atoms with Crippen LogP contribution in [0.3, 0.4) is 0 Å². The Balaban J connectivity index is 2.87. The number of hydrogen-bond acceptors (Lipinski definition) is 4. The number of likely N-dealkylation sites (N-methyl/N-ethyl adjacent to an activating group) is 1. The van der Waals surface area contributed by atoms with Crippen LogP contribution < -0.4 is 20.7 Å². The van der Waals surface area contributed by atoms with Gasteiger partial charge in [-0.25, -0.2) is 0 Å². The largest absolute Gasteiger partial charge is 0.497 e. The molecule has 0 spiro atoms. The van der Waals surface area contributed by atoms with Crippen LogP contribution in [0.25, 0.3) is 0 Å². The van der Waals surface area contributed by atoms with E-state index < -0.39 is 0 Å². The lowest BCUT2D eigenvalue weighted by atomic mass is 10.1. The number of nitrogens with one attached hydrogen (secondary N) is 1. The maximum atomic E-state index is 11.9. The topological polar surface area (TPSA) is 67.6 Å². The molecular weight excluding hydrogens is 286 g/mol. The van der Waals surface area contributed by atoms with Crippen LogP contribution in [0.2, 0.25) is 0 Å². The van der Waals surface area contributed by atoms with Crippen molar-refractivity contribution in [1.29, 1.82) is 0 Å². The third kappa shape index (κ3) is 5.23. The van der Waals surface area contributed by atoms with E-state index in [1.165, 1.54) is 0 Å². The number of nitrogens with zero attached hydrogens (tertiary/aromatic N) is 1. The molecule has 0 aromatic heterocycles. The minimum Gasteiger partial charge on any atom is -0.497 e. The summed E-state index contributed by atoms with van der Waals surface area (Å²) in [6.45, 7) is 5.00. The lowest BCUT2D eigenvalue weighted by molar-refractivity contribution is -0.119. The molecule has 0 aliphatic carbocycles. The summed E-state index contributed by atoms with van der Waals surface area (Å²) < 4.78 is 5.21. The standard InChI is InChI=1S/C15H23N3O2S/c1-10(2)8-17-14(19)9-18(3)13-7-11(20-4)5-6-12(13)15(16)21/h5-7,10H,8-9H2,1-4H3,(H2,16,21)(H,17,19). The van der Waals surface area contributed by atoms with Crippen molar-refractivity contribution in [2.24, 2.45) is 11.7 Å². The first-order valence-corrected chi connectivity index (χ1v) is 7.21. The molecule has 0 aliphatic rings. The van der Waals surface area contributed by atoms with E-state index in [0.717, 1.165) is 11.3 Å². The average Bonchev–Trinajstić information content (AvgIpc) is 2.44. The quantitative estimate of drug-likeness (QED) is 0.748. The number of nitrogens with two attached hydrogens (primary N) is 1. The fraction of sp³-hybridized carbons (Fsp3) is 0.467. The van der Waals surface area contributed by atoms with Gasteiger partial charge in [0, 0.05) is 25.2 Å². The zero-order chi connectivity index (χ0) is 16.0. The van der Waals surface area contributed by atoms with E-state index in [-0.39, 0.29) is 12.5 Å². The molecule has 0 atom stereocenters. The molecule has 1 rings (SSSR count). The number of carbonyl (C=O) groups excluding carboxylic acids is 1. The zero-order valence-corrected chi connectivity index (χ0v) is 13.8. The summed E-state index contributed by atoms with van der Waals surface area (Å²) in [6.07, 6.45) is 0. The second kappa shape index (κ2) is 7.83. The molecule has 0 saturated heterocycles. The maximum Gasteiger partial charge on any atom is 0.239 e. The molecule has 0 radical (unpaired) electrons. The van der Waals surface area contributed by atoms with E-state index in [4.69, 9.17) is 22.7 Å². The Morgan fingerprint density at radius 2 is 2.14 bits per heavy atom. The molecule has 1 amide bonds. The number of carbonyl (C=O) groups is 1. The molecule has 0 unspecified atom stereocenters. The smallest absolute Gasteiger partial charge is 0.239 e. The van der Waals surface area contributed by atoms with E-state index in [9.17, 15) is 4.79 Å². The minimum absolute atomic E-state index is 0.0390. The summed E-state index contributed by atoms with van der Waals surface area (Å²) in [4.78, 5) is 14.0. The molecule has 1 aromatic rings. The summed E-state index contributed by atoms with van der Waals surface area (Å²) in [7, 11) is 3.42. The predicted octanol–water partition coefficient (Wildman–Crippen LogP) is 1.54. The van der Waals surface area contributed by atoms with Gasteiger partial charge in [-0.05, 0) is 18.1 Å². The van der Waals surface area contributed by atoms with Crippen LogP contribution >= 0.6 is 12.2 Å². The molecule has 21 heavy (non-hydrogen) atoms. The fourth-order valence-corrected chi connectivity index (χ4v) is 2.01. The van der Waals surface area contributed by atoms with Crippen LogP contribution in [0.1, 0.15) is 19.4 Å². The second-order valence-corrected chi connectivity index (χ2v) is 5.74. The third-order valence-corrected chi connectivity index (χ3v) is 3.19. The molecule has 6 heteroatoms. The highest BCUT2D eigenvalue weighted by Crippen LogP contribution is 2.25. The first-order valence-electron chi connectivity index (χ1n) is 6.80. The Morgan fingerprint density at radius 3 is 2.67 bits per heavy atom. The molecule has 5 nitrogen and oxygen atoms in total. The van der Waals surface area contributed by atoms with Crippen LogP contribution in [-0.4, -0.2) is 38.1 Å². The molecule has 0 aliphatic heterocycles. The van der Waals surface area contributed by atoms with Gasteiger partial charge in [0.05, 0.1) is 19.3 Å². The molecule has 0 saturated carbocycles. The van der Waals surface area contributed by atoms with Crippen molar-refractivity contribution in [3.63, 3.8) is 0 Å². The van der Waals surface area contributed by atoms with Crippen LogP contribution in [0.5, 0.6) is 5.75 Å². The Bertz CT molecular complexity index is 518. The van der Waals surface area contributed by atoms with Crippen LogP contribution in [0.15, 0.2) is 18.2 Å². The number of ether oxygens (including phenoxy) is 1. The summed E-state index contributed by atoms with van der Waals surface area (Å²) in [5.41, 5.74) is 7.24. The molecule has 0 fully saturated rings. The summed E-state index contributed by atoms with van der Waals surface area (Å²) in [5.74, 6) is 1.07. The lowest BCUT2D eigenvalue weighted by Gasteiger charge is -2.22. The second-order valence-electron chi connectivity index (χ2n) is 5.30. The zero-order valence-electron chi connectivity index (χ0n) is 13.0. The molecule has 0 bridgehead atoms. The van der Waals surface area contributed by atoms with E-state index >= 15 is 0 Å². The molecule has 0 heterocycles. The number of thiocarbonyl (C=S) groups is 1. The number of anilines is 1. The van der Waals surface area contributed by atoms with Gasteiger partial charge in [0.1, 0.15) is 10.7 Å². The van der Waals surface area contributed by atoms with Crippen molar-refractivity contribution in [1.82, 2.24) is 5.32 Å². The maximum absolute atomic E-state index is 11.9. The van der Waals surface area contributed by atoms with Crippen LogP contribution in [0, 0.1) is 5.92 Å². The normalized spacial score (nSPS) is 10.3. The monoisotopic (exact) mass is 309 g/mol. The van der Waals surface area contributed by atoms with Crippen LogP contribution in [-0.2, 0) is 4.79 Å². The molecule has 116 valence electrons. The van der Waals surface area contributed by atoms with Gasteiger partial charge in [0.2, 0.25) is 5.91 Å². The highest BCUT2D eigenvalue weighted by molar-refractivity contribution is 7.80. The Labute approximate surface area is 131 Å². The van der Waals surface area contributed by atoms with Gasteiger partial charge in [-0.3, -0.25) is 4.79 Å². The number of benzene rings is 1. The predicted molar refractivity (Wildman–Crippen MR) is 90.0 cm³/mol. The van der Waals surface area contributed by atoms with Gasteiger partial charge >= 0.3 is 0 Å². The number of methoxy groups -OCH3 is 1. The number of rotatable bonds is 7. The molecule has 3 N–H and O–H groups in total. The van der Waals surface area contributed by atoms with E-state index in [2.05, 4.69) is 19.2 Å². The van der Waals surface area contributed by atoms with Crippen molar-refractivity contribution < 1.29 is 9.53 Å². The molecular formula is C15H23N3O2S. The average molecular weight is 309 g/mol. The highest BCUT2D eigenvalue weighted by Gasteiger charge is 2.14. The van der Waals surface area contributed by atoms with E-state index in [1.807, 2.05) is 18.0 Å². The van der Waals surface area contributed by atoms with Gasteiger partial charge in [-0.1, -0.05) is 26.1 Å². The van der Waals surface area contributed by atoms with Crippen LogP contribution in [0.4, 0.5) is 5.69 Å². The minimum atomic E-state index is -0.0390. The fourth-order valence-electron chi connectivity index (χ4n) is 1.84. The lowest BCUT2D eigenvalue weighted by Crippen LogP contribution is -2.37. The summed E-state index contributed by atoms with van der Waals surface area (Å²) in [5, 5.41) is 2.88. The van der Waals surface area contributed by atoms with Crippen molar-refractivity contribution in [3.8, 4) is 5.75 Å². The third-order valence-electron chi connectivity index (χ3n) is 2.97. The van der Waals surface area contributed by atoms with Gasteiger partial charge < -0.3 is 20.7 Å². The van der Waals surface area contributed by atoms with Gasteiger partial charge in [-0.15, -0.1) is 0 Å². The van der Waals surface area contributed by atoms with Gasteiger partial charge in [0.15, 0.2) is 0 Å². The SMILES string of the molecule is COc1ccc(C(N)=S)c(N(C)CC(=O)NCC(C)C)c1. The van der Waals surface area contributed by atoms with Crippen molar-refractivity contribution in [3.05, 3.63) is 23.8 Å². The summed E-state index contributed by atoms with van der Waals surface area (Å²) in [6, 6.07) is 5.42. The Kier molecular flexibility index (Phi) is 6.42. The Hall–Kier alpha value is -1.82. The van der Waals surface area contributed by atoms with Gasteiger partial charge in [-0.2, -0.15) is 0 Å². The molecule has 1 aromatic carbocycles. The van der Waals surface area contributed by atoms with Crippen molar-refractivity contribution in [2.75, 3.05) is 32.1 Å². The number of hydrogen-bond donors (Lipinski definition) is 2.